The normalized spacial score (nSPS) is 14.0. The fourth-order valence-electron chi connectivity index (χ4n) is 3.51. The number of benzene rings is 2. The third-order valence-electron chi connectivity index (χ3n) is 4.97. The van der Waals surface area contributed by atoms with E-state index in [1.54, 1.807) is 6.92 Å². The summed E-state index contributed by atoms with van der Waals surface area (Å²) in [7, 11) is 0. The summed E-state index contributed by atoms with van der Waals surface area (Å²) in [5.74, 6) is 0.904. The maximum absolute atomic E-state index is 12.0. The Balaban J connectivity index is 1.51. The Morgan fingerprint density at radius 2 is 1.83 bits per heavy atom. The van der Waals surface area contributed by atoms with Crippen LogP contribution >= 0.6 is 11.3 Å². The van der Waals surface area contributed by atoms with E-state index < -0.39 is 0 Å². The Hall–Kier alpha value is -3.25. The molecular weight excluding hydrogens is 380 g/mol. The lowest BCUT2D eigenvalue weighted by atomic mass is 10.2. The number of imidazole rings is 1. The van der Waals surface area contributed by atoms with Crippen molar-refractivity contribution in [2.24, 2.45) is 0 Å². The fraction of sp³-hybridized carbons (Fsp3) is 0.174. The molecule has 5 nitrogen and oxygen atoms in total. The number of nitrogens with zero attached hydrogens (tertiary/aromatic N) is 4. The largest absolute Gasteiger partial charge is 0.293 e. The molecule has 0 unspecified atom stereocenters. The van der Waals surface area contributed by atoms with Gasteiger partial charge in [-0.2, -0.15) is 0 Å². The van der Waals surface area contributed by atoms with Crippen LogP contribution in [0.2, 0.25) is 0 Å². The topological polar surface area (TPSA) is 51.0 Å². The number of fused-ring (bicyclic) bond motifs is 1. The number of anilines is 1. The van der Waals surface area contributed by atoms with Crippen molar-refractivity contribution in [3.8, 4) is 5.69 Å². The molecule has 1 saturated carbocycles. The second kappa shape index (κ2) is 7.29. The first-order valence-electron chi connectivity index (χ1n) is 9.67. The molecule has 0 saturated heterocycles. The maximum Gasteiger partial charge on any atom is 0.225 e. The number of amides is 1. The molecule has 5 rings (SSSR count). The zero-order valence-corrected chi connectivity index (χ0v) is 16.8. The molecule has 1 amide bonds. The van der Waals surface area contributed by atoms with Crippen LogP contribution in [0.15, 0.2) is 60.0 Å². The lowest BCUT2D eigenvalue weighted by Gasteiger charge is -2.16. The van der Waals surface area contributed by atoms with E-state index in [1.165, 1.54) is 11.3 Å². The summed E-state index contributed by atoms with van der Waals surface area (Å²) in [4.78, 5) is 23.3. The van der Waals surface area contributed by atoms with Gasteiger partial charge in [0, 0.05) is 24.0 Å². The number of aromatic nitrogens is 3. The fourth-order valence-corrected chi connectivity index (χ4v) is 4.42. The van der Waals surface area contributed by atoms with Crippen LogP contribution in [0, 0.1) is 0 Å². The summed E-state index contributed by atoms with van der Waals surface area (Å²) < 4.78 is 2.14. The van der Waals surface area contributed by atoms with Gasteiger partial charge in [0.2, 0.25) is 5.91 Å². The highest BCUT2D eigenvalue weighted by Crippen LogP contribution is 2.34. The van der Waals surface area contributed by atoms with Crippen molar-refractivity contribution in [1.82, 2.24) is 14.5 Å². The average Bonchev–Trinajstić information content (AvgIpc) is 3.32. The predicted molar refractivity (Wildman–Crippen MR) is 118 cm³/mol. The molecule has 0 bridgehead atoms. The zero-order chi connectivity index (χ0) is 19.8. The van der Waals surface area contributed by atoms with Gasteiger partial charge in [0.05, 0.1) is 16.7 Å². The molecule has 1 aliphatic rings. The van der Waals surface area contributed by atoms with Crippen molar-refractivity contribution in [2.75, 3.05) is 4.90 Å². The molecule has 2 heterocycles. The second-order valence-electron chi connectivity index (χ2n) is 7.14. The molecule has 0 N–H and O–H groups in total. The van der Waals surface area contributed by atoms with Gasteiger partial charge in [-0.1, -0.05) is 30.3 Å². The second-order valence-corrected chi connectivity index (χ2v) is 7.97. The maximum atomic E-state index is 12.0. The van der Waals surface area contributed by atoms with Gasteiger partial charge in [0.1, 0.15) is 5.82 Å². The van der Waals surface area contributed by atoms with Crippen LogP contribution in [0.5, 0.6) is 0 Å². The molecule has 2 aromatic heterocycles. The van der Waals surface area contributed by atoms with Gasteiger partial charge in [0.25, 0.3) is 0 Å². The van der Waals surface area contributed by atoms with Gasteiger partial charge in [-0.3, -0.25) is 14.3 Å². The molecule has 144 valence electrons. The summed E-state index contributed by atoms with van der Waals surface area (Å²) in [6.07, 6.45) is 6.07. The van der Waals surface area contributed by atoms with Crippen molar-refractivity contribution in [3.63, 3.8) is 0 Å². The third-order valence-corrected chi connectivity index (χ3v) is 5.83. The van der Waals surface area contributed by atoms with Crippen LogP contribution in [0.1, 0.15) is 31.3 Å². The summed E-state index contributed by atoms with van der Waals surface area (Å²) >= 11 is 1.51. The summed E-state index contributed by atoms with van der Waals surface area (Å²) in [5.41, 5.74) is 3.92. The minimum Gasteiger partial charge on any atom is -0.293 e. The van der Waals surface area contributed by atoms with Gasteiger partial charge >= 0.3 is 0 Å². The van der Waals surface area contributed by atoms with Crippen LogP contribution < -0.4 is 4.90 Å². The van der Waals surface area contributed by atoms with E-state index >= 15 is 0 Å². The van der Waals surface area contributed by atoms with Gasteiger partial charge in [-0.15, -0.1) is 11.3 Å². The molecule has 2 aromatic carbocycles. The summed E-state index contributed by atoms with van der Waals surface area (Å²) in [5, 5.41) is 2.76. The first-order chi connectivity index (χ1) is 14.2. The summed E-state index contributed by atoms with van der Waals surface area (Å²) in [6.45, 7) is 1.61. The van der Waals surface area contributed by atoms with E-state index in [4.69, 9.17) is 4.98 Å². The van der Waals surface area contributed by atoms with Gasteiger partial charge < -0.3 is 0 Å². The van der Waals surface area contributed by atoms with Crippen LogP contribution in [-0.2, 0) is 4.79 Å². The molecule has 0 spiro atoms. The standard InChI is InChI=1S/C23H20N4OS/c1-16(28)26(19-12-13-19)23-24-17(15-29-23)11-14-22-25-20-9-5-6-10-21(20)27(22)18-7-3-2-4-8-18/h2-11,14-15,19H,12-13H2,1H3. The van der Waals surface area contributed by atoms with Gasteiger partial charge in [0.15, 0.2) is 5.13 Å². The molecule has 29 heavy (non-hydrogen) atoms. The Morgan fingerprint density at radius 1 is 1.07 bits per heavy atom. The monoisotopic (exact) mass is 400 g/mol. The van der Waals surface area contributed by atoms with Crippen LogP contribution in [-0.4, -0.2) is 26.5 Å². The first kappa shape index (κ1) is 17.8. The molecule has 1 fully saturated rings. The molecular formula is C23H20N4OS. The zero-order valence-electron chi connectivity index (χ0n) is 16.0. The first-order valence-corrected chi connectivity index (χ1v) is 10.5. The number of carbonyl (C=O) groups excluding carboxylic acids is 1. The van der Waals surface area contributed by atoms with Crippen LogP contribution in [0.3, 0.4) is 0 Å². The number of carbonyl (C=O) groups is 1. The number of para-hydroxylation sites is 3. The number of thiazole rings is 1. The van der Waals surface area contributed by atoms with Crippen molar-refractivity contribution >= 4 is 45.6 Å². The van der Waals surface area contributed by atoms with Crippen molar-refractivity contribution < 1.29 is 4.79 Å². The number of hydrogen-bond donors (Lipinski definition) is 0. The van der Waals surface area contributed by atoms with Gasteiger partial charge in [-0.25, -0.2) is 9.97 Å². The molecule has 0 atom stereocenters. The van der Waals surface area contributed by atoms with E-state index in [9.17, 15) is 4.79 Å². The molecule has 0 aliphatic heterocycles. The Kier molecular flexibility index (Phi) is 4.48. The van der Waals surface area contributed by atoms with Crippen molar-refractivity contribution in [3.05, 3.63) is 71.5 Å². The van der Waals surface area contributed by atoms with E-state index in [-0.39, 0.29) is 5.91 Å². The highest BCUT2D eigenvalue weighted by atomic mass is 32.1. The predicted octanol–water partition coefficient (Wildman–Crippen LogP) is 5.17. The van der Waals surface area contributed by atoms with Crippen molar-refractivity contribution in [1.29, 1.82) is 0 Å². The highest BCUT2D eigenvalue weighted by Gasteiger charge is 2.33. The smallest absolute Gasteiger partial charge is 0.225 e. The van der Waals surface area contributed by atoms with Crippen LogP contribution in [0.4, 0.5) is 5.13 Å². The summed E-state index contributed by atoms with van der Waals surface area (Å²) in [6, 6.07) is 18.7. The molecule has 1 aliphatic carbocycles. The molecule has 0 radical (unpaired) electrons. The van der Waals surface area contributed by atoms with E-state index in [2.05, 4.69) is 27.8 Å². The Labute approximate surface area is 173 Å². The lowest BCUT2D eigenvalue weighted by molar-refractivity contribution is -0.116. The van der Waals surface area contributed by atoms with Gasteiger partial charge in [-0.05, 0) is 49.3 Å². The Bertz CT molecular complexity index is 1200. The van der Waals surface area contributed by atoms with E-state index in [1.807, 2.05) is 58.8 Å². The van der Waals surface area contributed by atoms with Crippen LogP contribution in [0.25, 0.3) is 28.9 Å². The lowest BCUT2D eigenvalue weighted by Crippen LogP contribution is -2.30. The number of hydrogen-bond acceptors (Lipinski definition) is 4. The van der Waals surface area contributed by atoms with E-state index in [0.717, 1.165) is 46.2 Å². The Morgan fingerprint density at radius 3 is 2.59 bits per heavy atom. The highest BCUT2D eigenvalue weighted by molar-refractivity contribution is 7.14. The minimum atomic E-state index is 0.0586. The minimum absolute atomic E-state index is 0.0586. The molecule has 6 heteroatoms. The molecule has 4 aromatic rings. The quantitative estimate of drug-likeness (QED) is 0.464. The average molecular weight is 401 g/mol. The third kappa shape index (κ3) is 3.47. The number of rotatable bonds is 5. The SMILES string of the molecule is CC(=O)N(c1nc(C=Cc2nc3ccccc3n2-c2ccccc2)cs1)C1CC1. The van der Waals surface area contributed by atoms with Crippen molar-refractivity contribution in [2.45, 2.75) is 25.8 Å². The van der Waals surface area contributed by atoms with E-state index in [0.29, 0.717) is 6.04 Å².